The molecule has 4 rings (SSSR count). The summed E-state index contributed by atoms with van der Waals surface area (Å²) in [6.45, 7) is -0.407. The smallest absolute Gasteiger partial charge is 0.329 e. The summed E-state index contributed by atoms with van der Waals surface area (Å²) in [7, 11) is 0. The monoisotopic (exact) mass is 463 g/mol. The summed E-state index contributed by atoms with van der Waals surface area (Å²) in [5, 5.41) is 3.06. The highest BCUT2D eigenvalue weighted by atomic mass is 16.5. The molecule has 0 heterocycles. The zero-order chi connectivity index (χ0) is 24.5. The molecule has 0 saturated carbocycles. The minimum absolute atomic E-state index is 0.0995. The van der Waals surface area contributed by atoms with E-state index < -0.39 is 18.6 Å². The van der Waals surface area contributed by atoms with E-state index in [2.05, 4.69) is 5.32 Å². The minimum Gasteiger partial charge on any atom is -0.456 e. The van der Waals surface area contributed by atoms with Crippen LogP contribution in [-0.2, 0) is 9.53 Å². The summed E-state index contributed by atoms with van der Waals surface area (Å²) in [6.07, 6.45) is -0.0995. The summed E-state index contributed by atoms with van der Waals surface area (Å²) in [5.74, 6) is -1.17. The summed E-state index contributed by atoms with van der Waals surface area (Å²) in [6, 6.07) is 34.0. The lowest BCUT2D eigenvalue weighted by Crippen LogP contribution is -2.34. The number of esters is 1. The largest absolute Gasteiger partial charge is 0.456 e. The number of benzene rings is 4. The molecule has 0 saturated heterocycles. The third-order valence-corrected chi connectivity index (χ3v) is 5.54. The van der Waals surface area contributed by atoms with Crippen LogP contribution in [0.2, 0.25) is 0 Å². The van der Waals surface area contributed by atoms with Gasteiger partial charge in [0.25, 0.3) is 0 Å². The van der Waals surface area contributed by atoms with Crippen LogP contribution in [0.1, 0.15) is 27.1 Å². The van der Waals surface area contributed by atoms with Crippen molar-refractivity contribution in [2.75, 3.05) is 11.9 Å². The van der Waals surface area contributed by atoms with Crippen molar-refractivity contribution in [3.63, 3.8) is 0 Å². The van der Waals surface area contributed by atoms with Crippen LogP contribution in [0.5, 0.6) is 0 Å². The number of nitrogens with one attached hydrogen (secondary N) is 1. The Morgan fingerprint density at radius 2 is 1.11 bits per heavy atom. The van der Waals surface area contributed by atoms with Crippen molar-refractivity contribution >= 4 is 23.2 Å². The number of hydrogen-bond acceptors (Lipinski definition) is 5. The van der Waals surface area contributed by atoms with Gasteiger partial charge in [-0.1, -0.05) is 103 Å². The SMILES string of the molecule is O=C(COC(=O)[C@@H](CC(=O)c1ccccc1)Nc1ccccc1)c1ccc(-c2ccccc2)cc1. The van der Waals surface area contributed by atoms with Crippen molar-refractivity contribution in [2.45, 2.75) is 12.5 Å². The molecule has 0 aliphatic heterocycles. The van der Waals surface area contributed by atoms with E-state index >= 15 is 0 Å². The molecule has 5 nitrogen and oxygen atoms in total. The Balaban J connectivity index is 1.41. The maximum atomic E-state index is 12.9. The molecular formula is C30H25NO4. The van der Waals surface area contributed by atoms with Crippen LogP contribution >= 0.6 is 0 Å². The standard InChI is InChI=1S/C30H25NO4/c32-28(24-12-6-2-7-13-24)20-27(31-26-14-8-3-9-15-26)30(34)35-21-29(33)25-18-16-23(17-19-25)22-10-4-1-5-11-22/h1-19,27,31H,20-21H2/t27-/m1/s1. The zero-order valence-electron chi connectivity index (χ0n) is 19.1. The van der Waals surface area contributed by atoms with Crippen LogP contribution < -0.4 is 5.32 Å². The Morgan fingerprint density at radius 1 is 0.600 bits per heavy atom. The third kappa shape index (κ3) is 6.51. The third-order valence-electron chi connectivity index (χ3n) is 5.54. The molecule has 0 radical (unpaired) electrons. The fourth-order valence-corrected chi connectivity index (χ4v) is 3.66. The molecule has 4 aromatic rings. The van der Waals surface area contributed by atoms with Gasteiger partial charge in [-0.05, 0) is 23.3 Å². The second kappa shape index (κ2) is 11.6. The minimum atomic E-state index is -0.932. The molecule has 5 heteroatoms. The van der Waals surface area contributed by atoms with Gasteiger partial charge in [0.05, 0.1) is 0 Å². The molecule has 174 valence electrons. The maximum absolute atomic E-state index is 12.9. The molecule has 0 unspecified atom stereocenters. The normalized spacial score (nSPS) is 11.3. The number of hydrogen-bond donors (Lipinski definition) is 1. The number of para-hydroxylation sites is 1. The molecule has 0 amide bonds. The van der Waals surface area contributed by atoms with Gasteiger partial charge in [0.15, 0.2) is 18.2 Å². The van der Waals surface area contributed by atoms with E-state index in [4.69, 9.17) is 4.74 Å². The maximum Gasteiger partial charge on any atom is 0.329 e. The van der Waals surface area contributed by atoms with Crippen LogP contribution in [0.4, 0.5) is 5.69 Å². The lowest BCUT2D eigenvalue weighted by Gasteiger charge is -2.18. The Bertz CT molecular complexity index is 1270. The van der Waals surface area contributed by atoms with Crippen molar-refractivity contribution in [1.82, 2.24) is 0 Å². The van der Waals surface area contributed by atoms with E-state index in [0.717, 1.165) is 11.1 Å². The van der Waals surface area contributed by atoms with E-state index in [1.54, 1.807) is 48.5 Å². The lowest BCUT2D eigenvalue weighted by molar-refractivity contribution is -0.143. The Morgan fingerprint density at radius 3 is 1.74 bits per heavy atom. The molecule has 0 spiro atoms. The van der Waals surface area contributed by atoms with E-state index in [-0.39, 0.29) is 18.0 Å². The van der Waals surface area contributed by atoms with Crippen molar-refractivity contribution in [2.24, 2.45) is 0 Å². The van der Waals surface area contributed by atoms with Gasteiger partial charge < -0.3 is 10.1 Å². The molecule has 1 atom stereocenters. The van der Waals surface area contributed by atoms with Crippen LogP contribution in [-0.4, -0.2) is 30.2 Å². The first-order chi connectivity index (χ1) is 17.1. The van der Waals surface area contributed by atoms with Crippen molar-refractivity contribution in [1.29, 1.82) is 0 Å². The molecule has 0 aromatic heterocycles. The van der Waals surface area contributed by atoms with Crippen LogP contribution in [0.15, 0.2) is 115 Å². The van der Waals surface area contributed by atoms with Gasteiger partial charge in [0.1, 0.15) is 6.04 Å². The number of carbonyl (C=O) groups is 3. The van der Waals surface area contributed by atoms with E-state index in [1.807, 2.05) is 66.7 Å². The number of anilines is 1. The van der Waals surface area contributed by atoms with Gasteiger partial charge >= 0.3 is 5.97 Å². The highest BCUT2D eigenvalue weighted by Crippen LogP contribution is 2.20. The molecule has 35 heavy (non-hydrogen) atoms. The average molecular weight is 464 g/mol. The van der Waals surface area contributed by atoms with Crippen LogP contribution in [0.25, 0.3) is 11.1 Å². The summed E-state index contributed by atoms with van der Waals surface area (Å²) in [5.41, 5.74) is 3.68. The zero-order valence-corrected chi connectivity index (χ0v) is 19.1. The summed E-state index contributed by atoms with van der Waals surface area (Å²) < 4.78 is 5.34. The van der Waals surface area contributed by atoms with Gasteiger partial charge in [-0.2, -0.15) is 0 Å². The number of ether oxygens (including phenoxy) is 1. The summed E-state index contributed by atoms with van der Waals surface area (Å²) >= 11 is 0. The Hall–Kier alpha value is -4.51. The average Bonchev–Trinajstić information content (AvgIpc) is 2.92. The van der Waals surface area contributed by atoms with E-state index in [9.17, 15) is 14.4 Å². The van der Waals surface area contributed by atoms with Gasteiger partial charge in [-0.3, -0.25) is 9.59 Å². The molecule has 4 aromatic carbocycles. The molecule has 0 aliphatic carbocycles. The predicted octanol–water partition coefficient (Wildman–Crippen LogP) is 5.83. The second-order valence-corrected chi connectivity index (χ2v) is 8.03. The summed E-state index contributed by atoms with van der Waals surface area (Å²) in [4.78, 5) is 38.3. The fourth-order valence-electron chi connectivity index (χ4n) is 3.66. The number of Topliss-reactive ketones (excluding diaryl/α,β-unsaturated/α-hetero) is 2. The number of carbonyl (C=O) groups excluding carboxylic acids is 3. The quantitative estimate of drug-likeness (QED) is 0.237. The molecule has 0 aliphatic rings. The van der Waals surface area contributed by atoms with E-state index in [1.165, 1.54) is 0 Å². The van der Waals surface area contributed by atoms with E-state index in [0.29, 0.717) is 16.8 Å². The van der Waals surface area contributed by atoms with Crippen molar-refractivity contribution in [3.05, 3.63) is 126 Å². The molecular weight excluding hydrogens is 438 g/mol. The van der Waals surface area contributed by atoms with Crippen molar-refractivity contribution < 1.29 is 19.1 Å². The topological polar surface area (TPSA) is 72.5 Å². The van der Waals surface area contributed by atoms with Gasteiger partial charge in [0.2, 0.25) is 0 Å². The highest BCUT2D eigenvalue weighted by molar-refractivity contribution is 6.01. The first-order valence-electron chi connectivity index (χ1n) is 11.4. The second-order valence-electron chi connectivity index (χ2n) is 8.03. The highest BCUT2D eigenvalue weighted by Gasteiger charge is 2.25. The lowest BCUT2D eigenvalue weighted by atomic mass is 10.0. The number of ketones is 2. The van der Waals surface area contributed by atoms with Gasteiger partial charge in [-0.15, -0.1) is 0 Å². The van der Waals surface area contributed by atoms with Gasteiger partial charge in [0, 0.05) is 23.2 Å². The Labute approximate surface area is 204 Å². The molecule has 0 fully saturated rings. The van der Waals surface area contributed by atoms with Crippen LogP contribution in [0.3, 0.4) is 0 Å². The first kappa shape index (κ1) is 23.6. The Kier molecular flexibility index (Phi) is 7.81. The first-order valence-corrected chi connectivity index (χ1v) is 11.4. The number of rotatable bonds is 10. The molecule has 1 N–H and O–H groups in total. The predicted molar refractivity (Wildman–Crippen MR) is 136 cm³/mol. The van der Waals surface area contributed by atoms with Gasteiger partial charge in [-0.25, -0.2) is 4.79 Å². The molecule has 0 bridgehead atoms. The van der Waals surface area contributed by atoms with Crippen molar-refractivity contribution in [3.8, 4) is 11.1 Å². The van der Waals surface area contributed by atoms with Crippen LogP contribution in [0, 0.1) is 0 Å². The fraction of sp³-hybridized carbons (Fsp3) is 0.100.